The third-order valence-electron chi connectivity index (χ3n) is 4.16. The number of hydrogen-bond acceptors (Lipinski definition) is 2. The molecule has 0 aromatic carbocycles. The van der Waals surface area contributed by atoms with E-state index in [1.54, 1.807) is 13.8 Å². The minimum atomic E-state index is -0.890. The molecule has 1 amide bonds. The Bertz CT molecular complexity index is 303. The van der Waals surface area contributed by atoms with Gasteiger partial charge in [0, 0.05) is 18.5 Å². The highest BCUT2D eigenvalue weighted by atomic mass is 16.4. The lowest BCUT2D eigenvalue weighted by atomic mass is 9.93. The van der Waals surface area contributed by atoms with E-state index < -0.39 is 17.8 Å². The summed E-state index contributed by atoms with van der Waals surface area (Å²) in [6.45, 7) is 6.23. The van der Waals surface area contributed by atoms with Crippen molar-refractivity contribution in [2.45, 2.75) is 58.9 Å². The van der Waals surface area contributed by atoms with Crippen molar-refractivity contribution in [2.75, 3.05) is 6.54 Å². The fourth-order valence-electron chi connectivity index (χ4n) is 2.58. The first-order valence-electron chi connectivity index (χ1n) is 7.02. The van der Waals surface area contributed by atoms with Crippen molar-refractivity contribution in [3.05, 3.63) is 0 Å². The molecule has 1 fully saturated rings. The van der Waals surface area contributed by atoms with Crippen LogP contribution in [0.5, 0.6) is 0 Å². The van der Waals surface area contributed by atoms with Crippen molar-refractivity contribution in [2.24, 2.45) is 11.8 Å². The number of aliphatic carboxylic acids is 1. The van der Waals surface area contributed by atoms with Gasteiger partial charge in [-0.05, 0) is 19.3 Å². The predicted octanol–water partition coefficient (Wildman–Crippen LogP) is 2.52. The Morgan fingerprint density at radius 1 is 1.22 bits per heavy atom. The molecule has 1 aliphatic heterocycles. The zero-order valence-corrected chi connectivity index (χ0v) is 11.7. The first kappa shape index (κ1) is 15.0. The minimum Gasteiger partial charge on any atom is -0.481 e. The molecule has 3 unspecified atom stereocenters. The summed E-state index contributed by atoms with van der Waals surface area (Å²) in [7, 11) is 0. The van der Waals surface area contributed by atoms with Gasteiger partial charge in [-0.2, -0.15) is 0 Å². The molecule has 1 N–H and O–H groups in total. The highest BCUT2D eigenvalue weighted by Crippen LogP contribution is 2.23. The van der Waals surface area contributed by atoms with Gasteiger partial charge in [-0.25, -0.2) is 0 Å². The van der Waals surface area contributed by atoms with Crippen molar-refractivity contribution >= 4 is 11.9 Å². The minimum absolute atomic E-state index is 0.0126. The summed E-state index contributed by atoms with van der Waals surface area (Å²) in [6, 6.07) is 0.295. The lowest BCUT2D eigenvalue weighted by molar-refractivity contribution is -0.150. The molecule has 1 saturated heterocycles. The van der Waals surface area contributed by atoms with Gasteiger partial charge in [0.05, 0.1) is 5.92 Å². The summed E-state index contributed by atoms with van der Waals surface area (Å²) in [4.78, 5) is 25.3. The van der Waals surface area contributed by atoms with Crippen LogP contribution in [0.25, 0.3) is 0 Å². The van der Waals surface area contributed by atoms with E-state index in [2.05, 4.69) is 6.92 Å². The fraction of sp³-hybridized carbons (Fsp3) is 0.857. The molecule has 4 nitrogen and oxygen atoms in total. The highest BCUT2D eigenvalue weighted by molar-refractivity contribution is 5.84. The smallest absolute Gasteiger partial charge is 0.307 e. The molecule has 1 aliphatic rings. The van der Waals surface area contributed by atoms with Crippen LogP contribution in [-0.4, -0.2) is 34.5 Å². The van der Waals surface area contributed by atoms with E-state index >= 15 is 0 Å². The van der Waals surface area contributed by atoms with Crippen molar-refractivity contribution in [3.63, 3.8) is 0 Å². The SMILES string of the molecule is CCC1CCCCCN1C(=O)C(C)C(C)C(=O)O. The van der Waals surface area contributed by atoms with Gasteiger partial charge in [0.1, 0.15) is 0 Å². The average molecular weight is 255 g/mol. The highest BCUT2D eigenvalue weighted by Gasteiger charge is 2.32. The first-order chi connectivity index (χ1) is 8.49. The number of carboxylic acids is 1. The molecule has 0 aromatic rings. The molecule has 0 bridgehead atoms. The Morgan fingerprint density at radius 2 is 1.89 bits per heavy atom. The number of carbonyl (C=O) groups is 2. The Morgan fingerprint density at radius 3 is 2.44 bits per heavy atom. The third kappa shape index (κ3) is 3.47. The summed E-state index contributed by atoms with van der Waals surface area (Å²) < 4.78 is 0. The van der Waals surface area contributed by atoms with Crippen molar-refractivity contribution in [1.82, 2.24) is 4.90 Å². The largest absolute Gasteiger partial charge is 0.481 e. The summed E-state index contributed by atoms with van der Waals surface area (Å²) in [5.74, 6) is -1.93. The monoisotopic (exact) mass is 255 g/mol. The maximum Gasteiger partial charge on any atom is 0.307 e. The van der Waals surface area contributed by atoms with Crippen LogP contribution in [-0.2, 0) is 9.59 Å². The molecule has 18 heavy (non-hydrogen) atoms. The van der Waals surface area contributed by atoms with Crippen molar-refractivity contribution in [1.29, 1.82) is 0 Å². The third-order valence-corrected chi connectivity index (χ3v) is 4.16. The van der Waals surface area contributed by atoms with Crippen molar-refractivity contribution in [3.8, 4) is 0 Å². The van der Waals surface area contributed by atoms with Crippen LogP contribution < -0.4 is 0 Å². The second-order valence-electron chi connectivity index (χ2n) is 5.36. The van der Waals surface area contributed by atoms with Crippen LogP contribution in [0, 0.1) is 11.8 Å². The number of likely N-dealkylation sites (tertiary alicyclic amines) is 1. The molecule has 0 aromatic heterocycles. The van der Waals surface area contributed by atoms with Crippen LogP contribution in [0.2, 0.25) is 0 Å². The standard InChI is InChI=1S/C14H25NO3/c1-4-12-8-6-5-7-9-15(12)13(16)10(2)11(3)14(17)18/h10-12H,4-9H2,1-3H3,(H,17,18). The van der Waals surface area contributed by atoms with E-state index in [1.165, 1.54) is 12.8 Å². The number of nitrogens with zero attached hydrogens (tertiary/aromatic N) is 1. The quantitative estimate of drug-likeness (QED) is 0.839. The fourth-order valence-corrected chi connectivity index (χ4v) is 2.58. The molecule has 104 valence electrons. The van der Waals surface area contributed by atoms with E-state index in [4.69, 9.17) is 5.11 Å². The van der Waals surface area contributed by atoms with Gasteiger partial charge in [-0.1, -0.05) is 33.6 Å². The van der Waals surface area contributed by atoms with E-state index in [0.717, 1.165) is 25.8 Å². The Hall–Kier alpha value is -1.06. The van der Waals surface area contributed by atoms with Gasteiger partial charge < -0.3 is 10.0 Å². The van der Waals surface area contributed by atoms with Gasteiger partial charge in [0.15, 0.2) is 0 Å². The van der Waals surface area contributed by atoms with E-state index in [1.807, 2.05) is 4.90 Å². The van der Waals surface area contributed by atoms with Crippen LogP contribution in [0.1, 0.15) is 52.9 Å². The normalized spacial score (nSPS) is 24.2. The summed E-state index contributed by atoms with van der Waals surface area (Å²) in [5, 5.41) is 9.01. The molecule has 4 heteroatoms. The van der Waals surface area contributed by atoms with Gasteiger partial charge in [-0.3, -0.25) is 9.59 Å². The molecule has 1 rings (SSSR count). The Labute approximate surface area is 109 Å². The summed E-state index contributed by atoms with van der Waals surface area (Å²) in [5.41, 5.74) is 0. The average Bonchev–Trinajstić information content (AvgIpc) is 2.60. The molecular weight excluding hydrogens is 230 g/mol. The number of hydrogen-bond donors (Lipinski definition) is 1. The molecule has 3 atom stereocenters. The molecule has 0 radical (unpaired) electrons. The summed E-state index contributed by atoms with van der Waals surface area (Å²) >= 11 is 0. The summed E-state index contributed by atoms with van der Waals surface area (Å²) in [6.07, 6.45) is 5.39. The number of rotatable bonds is 4. The maximum atomic E-state index is 12.4. The van der Waals surface area contributed by atoms with Gasteiger partial charge >= 0.3 is 5.97 Å². The van der Waals surface area contributed by atoms with Crippen LogP contribution in [0.3, 0.4) is 0 Å². The second-order valence-corrected chi connectivity index (χ2v) is 5.36. The zero-order chi connectivity index (χ0) is 13.7. The topological polar surface area (TPSA) is 57.6 Å². The number of carboxylic acid groups (broad SMARTS) is 1. The van der Waals surface area contributed by atoms with Crippen LogP contribution in [0.4, 0.5) is 0 Å². The number of carbonyl (C=O) groups excluding carboxylic acids is 1. The van der Waals surface area contributed by atoms with Crippen LogP contribution in [0.15, 0.2) is 0 Å². The Kier molecular flexibility index (Phi) is 5.63. The molecular formula is C14H25NO3. The lowest BCUT2D eigenvalue weighted by Crippen LogP contribution is -2.44. The predicted molar refractivity (Wildman–Crippen MR) is 70.2 cm³/mol. The van der Waals surface area contributed by atoms with Gasteiger partial charge in [0.25, 0.3) is 0 Å². The van der Waals surface area contributed by atoms with E-state index in [9.17, 15) is 9.59 Å². The molecule has 1 heterocycles. The number of amides is 1. The van der Waals surface area contributed by atoms with E-state index in [0.29, 0.717) is 6.04 Å². The van der Waals surface area contributed by atoms with Crippen molar-refractivity contribution < 1.29 is 14.7 Å². The second kappa shape index (κ2) is 6.76. The lowest BCUT2D eigenvalue weighted by Gasteiger charge is -2.32. The van der Waals surface area contributed by atoms with E-state index in [-0.39, 0.29) is 5.91 Å². The zero-order valence-electron chi connectivity index (χ0n) is 11.7. The maximum absolute atomic E-state index is 12.4. The molecule has 0 saturated carbocycles. The first-order valence-corrected chi connectivity index (χ1v) is 7.02. The Balaban J connectivity index is 2.75. The molecule has 0 spiro atoms. The van der Waals surface area contributed by atoms with Gasteiger partial charge in [-0.15, -0.1) is 0 Å². The molecule has 0 aliphatic carbocycles. The van der Waals surface area contributed by atoms with Crippen LogP contribution >= 0.6 is 0 Å². The van der Waals surface area contributed by atoms with Gasteiger partial charge in [0.2, 0.25) is 5.91 Å².